The molecule has 0 heterocycles. The second-order valence-electron chi connectivity index (χ2n) is 5.76. The van der Waals surface area contributed by atoms with E-state index < -0.39 is 0 Å². The lowest BCUT2D eigenvalue weighted by atomic mass is 10.2. The Morgan fingerprint density at radius 3 is 2.44 bits per heavy atom. The van der Waals surface area contributed by atoms with E-state index in [1.54, 1.807) is 39.4 Å². The molecule has 0 aromatic heterocycles. The van der Waals surface area contributed by atoms with Crippen LogP contribution >= 0.6 is 0 Å². The molecule has 0 atom stereocenters. The van der Waals surface area contributed by atoms with Gasteiger partial charge in [-0.1, -0.05) is 18.2 Å². The third-order valence-electron chi connectivity index (χ3n) is 3.62. The predicted molar refractivity (Wildman–Crippen MR) is 97.8 cm³/mol. The number of nitrogens with zero attached hydrogens (tertiary/aromatic N) is 1. The van der Waals surface area contributed by atoms with Crippen molar-refractivity contribution in [1.82, 2.24) is 10.2 Å². The first-order valence-corrected chi connectivity index (χ1v) is 7.95. The molecule has 2 N–H and O–H groups in total. The molecule has 2 amide bonds. The summed E-state index contributed by atoms with van der Waals surface area (Å²) < 4.78 is 5.10. The number of methoxy groups -OCH3 is 1. The summed E-state index contributed by atoms with van der Waals surface area (Å²) in [6.45, 7) is 0.583. The molecule has 25 heavy (non-hydrogen) atoms. The van der Waals surface area contributed by atoms with Crippen molar-refractivity contribution >= 4 is 17.5 Å². The Morgan fingerprint density at radius 1 is 1.08 bits per heavy atom. The van der Waals surface area contributed by atoms with Crippen molar-refractivity contribution in [3.05, 3.63) is 59.7 Å². The van der Waals surface area contributed by atoms with Crippen LogP contribution < -0.4 is 15.4 Å². The van der Waals surface area contributed by atoms with E-state index in [4.69, 9.17) is 4.74 Å². The number of amides is 2. The van der Waals surface area contributed by atoms with Crippen LogP contribution in [0.2, 0.25) is 0 Å². The van der Waals surface area contributed by atoms with Crippen LogP contribution in [0.1, 0.15) is 15.9 Å². The van der Waals surface area contributed by atoms with E-state index >= 15 is 0 Å². The number of anilines is 1. The van der Waals surface area contributed by atoms with Crippen molar-refractivity contribution in [2.75, 3.05) is 33.1 Å². The second-order valence-corrected chi connectivity index (χ2v) is 5.76. The second kappa shape index (κ2) is 8.73. The Labute approximate surface area is 147 Å². The van der Waals surface area contributed by atoms with Gasteiger partial charge in [-0.3, -0.25) is 9.59 Å². The molecule has 6 heteroatoms. The zero-order chi connectivity index (χ0) is 18.2. The SMILES string of the molecule is COc1ccc(CNC(=O)CNc2cccc(C(=O)N(C)C)c2)cc1. The van der Waals surface area contributed by atoms with Crippen LogP contribution in [0.15, 0.2) is 48.5 Å². The van der Waals surface area contributed by atoms with E-state index in [1.807, 2.05) is 30.3 Å². The van der Waals surface area contributed by atoms with E-state index in [-0.39, 0.29) is 18.4 Å². The van der Waals surface area contributed by atoms with Gasteiger partial charge in [0.15, 0.2) is 0 Å². The van der Waals surface area contributed by atoms with Gasteiger partial charge in [0.1, 0.15) is 5.75 Å². The molecule has 0 saturated heterocycles. The number of ether oxygens (including phenoxy) is 1. The average molecular weight is 341 g/mol. The predicted octanol–water partition coefficient (Wildman–Crippen LogP) is 2.13. The monoisotopic (exact) mass is 341 g/mol. The smallest absolute Gasteiger partial charge is 0.253 e. The van der Waals surface area contributed by atoms with Crippen LogP contribution in [0.5, 0.6) is 5.75 Å². The van der Waals surface area contributed by atoms with Crippen LogP contribution in [0.25, 0.3) is 0 Å². The minimum Gasteiger partial charge on any atom is -0.497 e. The number of hydrogen-bond acceptors (Lipinski definition) is 4. The van der Waals surface area contributed by atoms with Gasteiger partial charge in [0, 0.05) is 31.9 Å². The van der Waals surface area contributed by atoms with Crippen molar-refractivity contribution in [1.29, 1.82) is 0 Å². The van der Waals surface area contributed by atoms with Crippen molar-refractivity contribution in [2.24, 2.45) is 0 Å². The molecular weight excluding hydrogens is 318 g/mol. The van der Waals surface area contributed by atoms with Crippen LogP contribution in [0.3, 0.4) is 0 Å². The molecule has 0 aliphatic rings. The molecule has 0 unspecified atom stereocenters. The first kappa shape index (κ1) is 18.3. The maximum absolute atomic E-state index is 12.0. The molecule has 0 aliphatic carbocycles. The number of carbonyl (C=O) groups excluding carboxylic acids is 2. The van der Waals surface area contributed by atoms with Gasteiger partial charge in [-0.15, -0.1) is 0 Å². The summed E-state index contributed by atoms with van der Waals surface area (Å²) in [5.74, 6) is 0.580. The molecule has 0 aliphatic heterocycles. The van der Waals surface area contributed by atoms with Gasteiger partial charge in [0.2, 0.25) is 5.91 Å². The summed E-state index contributed by atoms with van der Waals surface area (Å²) >= 11 is 0. The van der Waals surface area contributed by atoms with E-state index in [9.17, 15) is 9.59 Å². The topological polar surface area (TPSA) is 70.7 Å². The normalized spacial score (nSPS) is 10.0. The third kappa shape index (κ3) is 5.53. The molecular formula is C19H23N3O3. The molecule has 2 aromatic rings. The molecule has 132 valence electrons. The minimum atomic E-state index is -0.125. The van der Waals surface area contributed by atoms with Gasteiger partial charge in [-0.2, -0.15) is 0 Å². The summed E-state index contributed by atoms with van der Waals surface area (Å²) in [5.41, 5.74) is 2.30. The largest absolute Gasteiger partial charge is 0.497 e. The van der Waals surface area contributed by atoms with E-state index in [0.29, 0.717) is 12.1 Å². The van der Waals surface area contributed by atoms with Crippen LogP contribution in [-0.2, 0) is 11.3 Å². The van der Waals surface area contributed by atoms with Gasteiger partial charge in [-0.05, 0) is 35.9 Å². The van der Waals surface area contributed by atoms with E-state index in [2.05, 4.69) is 10.6 Å². The standard InChI is InChI=1S/C19H23N3O3/c1-22(2)19(24)15-5-4-6-16(11-15)20-13-18(23)21-12-14-7-9-17(25-3)10-8-14/h4-11,20H,12-13H2,1-3H3,(H,21,23). The van der Waals surface area contributed by atoms with Gasteiger partial charge in [0.05, 0.1) is 13.7 Å². The van der Waals surface area contributed by atoms with Crippen molar-refractivity contribution in [3.8, 4) is 5.75 Å². The lowest BCUT2D eigenvalue weighted by Gasteiger charge is -2.12. The molecule has 2 aromatic carbocycles. The zero-order valence-corrected chi connectivity index (χ0v) is 14.7. The Kier molecular flexibility index (Phi) is 6.39. The fourth-order valence-corrected chi connectivity index (χ4v) is 2.21. The zero-order valence-electron chi connectivity index (χ0n) is 14.7. The van der Waals surface area contributed by atoms with E-state index in [0.717, 1.165) is 17.0 Å². The first-order chi connectivity index (χ1) is 12.0. The highest BCUT2D eigenvalue weighted by Gasteiger charge is 2.08. The van der Waals surface area contributed by atoms with Crippen LogP contribution in [-0.4, -0.2) is 44.5 Å². The molecule has 6 nitrogen and oxygen atoms in total. The molecule has 0 saturated carbocycles. The van der Waals surface area contributed by atoms with Crippen molar-refractivity contribution in [3.63, 3.8) is 0 Å². The Hall–Kier alpha value is -3.02. The summed E-state index contributed by atoms with van der Waals surface area (Å²) in [6.07, 6.45) is 0. The van der Waals surface area contributed by atoms with E-state index in [1.165, 1.54) is 4.90 Å². The van der Waals surface area contributed by atoms with Crippen LogP contribution in [0, 0.1) is 0 Å². The molecule has 0 radical (unpaired) electrons. The molecule has 0 spiro atoms. The van der Waals surface area contributed by atoms with Gasteiger partial charge in [0.25, 0.3) is 5.91 Å². The Balaban J connectivity index is 1.83. The van der Waals surface area contributed by atoms with Crippen molar-refractivity contribution < 1.29 is 14.3 Å². The fourth-order valence-electron chi connectivity index (χ4n) is 2.21. The average Bonchev–Trinajstić information content (AvgIpc) is 2.64. The maximum Gasteiger partial charge on any atom is 0.253 e. The third-order valence-corrected chi connectivity index (χ3v) is 3.62. The number of carbonyl (C=O) groups is 2. The van der Waals surface area contributed by atoms with Gasteiger partial charge >= 0.3 is 0 Å². The summed E-state index contributed by atoms with van der Waals surface area (Å²) in [4.78, 5) is 25.4. The quantitative estimate of drug-likeness (QED) is 0.809. The molecule has 0 fully saturated rings. The molecule has 2 rings (SSSR count). The highest BCUT2D eigenvalue weighted by molar-refractivity contribution is 5.95. The minimum absolute atomic E-state index is 0.0763. The van der Waals surface area contributed by atoms with Gasteiger partial charge < -0.3 is 20.3 Å². The highest BCUT2D eigenvalue weighted by Crippen LogP contribution is 2.12. The fraction of sp³-hybridized carbons (Fsp3) is 0.263. The number of nitrogens with one attached hydrogen (secondary N) is 2. The van der Waals surface area contributed by atoms with Crippen LogP contribution in [0.4, 0.5) is 5.69 Å². The maximum atomic E-state index is 12.0. The number of rotatable bonds is 7. The lowest BCUT2D eigenvalue weighted by molar-refractivity contribution is -0.119. The summed E-state index contributed by atoms with van der Waals surface area (Å²) in [6, 6.07) is 14.6. The number of benzene rings is 2. The lowest BCUT2D eigenvalue weighted by Crippen LogP contribution is -2.29. The highest BCUT2D eigenvalue weighted by atomic mass is 16.5. The summed E-state index contributed by atoms with van der Waals surface area (Å²) in [7, 11) is 5.02. The Morgan fingerprint density at radius 2 is 1.80 bits per heavy atom. The molecule has 0 bridgehead atoms. The first-order valence-electron chi connectivity index (χ1n) is 7.95. The number of hydrogen-bond donors (Lipinski definition) is 2. The van der Waals surface area contributed by atoms with Gasteiger partial charge in [-0.25, -0.2) is 0 Å². The Bertz CT molecular complexity index is 727. The van der Waals surface area contributed by atoms with Crippen molar-refractivity contribution in [2.45, 2.75) is 6.54 Å². The summed E-state index contributed by atoms with van der Waals surface area (Å²) in [5, 5.41) is 5.88.